The number of hydrogen-bond donors (Lipinski definition) is 5. The molecule has 1 saturated heterocycles. The maximum absolute atomic E-state index is 13.6. The van der Waals surface area contributed by atoms with E-state index in [9.17, 15) is 24.3 Å². The van der Waals surface area contributed by atoms with E-state index in [1.165, 1.54) is 11.8 Å². The Bertz CT molecular complexity index is 1010. The van der Waals surface area contributed by atoms with Crippen molar-refractivity contribution in [1.82, 2.24) is 21.3 Å². The Hall–Kier alpha value is -2.63. The van der Waals surface area contributed by atoms with Crippen LogP contribution in [0.25, 0.3) is 0 Å². The quantitative estimate of drug-likeness (QED) is 0.191. The molecule has 10 nitrogen and oxygen atoms in total. The zero-order valence-electron chi connectivity index (χ0n) is 25.1. The molecule has 0 spiro atoms. The molecule has 3 rings (SSSR count). The summed E-state index contributed by atoms with van der Waals surface area (Å²) in [4.78, 5) is 52.7. The molecule has 42 heavy (non-hydrogen) atoms. The number of aliphatic hydroxyl groups excluding tert-OH is 1. The minimum Gasteiger partial charge on any atom is -0.461 e. The molecule has 1 saturated carbocycles. The average molecular weight is 605 g/mol. The zero-order valence-corrected chi connectivity index (χ0v) is 25.9. The molecule has 5 N–H and O–H groups in total. The van der Waals surface area contributed by atoms with Gasteiger partial charge in [-0.1, -0.05) is 62.4 Å². The van der Waals surface area contributed by atoms with Crippen LogP contribution in [0.1, 0.15) is 70.8 Å². The topological polar surface area (TPSA) is 146 Å². The van der Waals surface area contributed by atoms with Gasteiger partial charge in [0.1, 0.15) is 12.1 Å². The standard InChI is InChI=1S/C31H48N4O6S/c1-20(2)41-31(40)27(36)24(17-21-11-6-4-7-12-21)33-30(39)26(19-42-3)35-29(38)25(18-22-13-8-5-9-14-22)34-28(37)23-15-10-16-32-23/h5,8-9,13-14,20-21,23-27,32,36H,4,6-7,10-12,15-19H2,1-3H3,(H,33,39)(H,34,37)(H,35,38). The van der Waals surface area contributed by atoms with E-state index in [2.05, 4.69) is 21.3 Å². The van der Waals surface area contributed by atoms with E-state index in [1.807, 2.05) is 36.6 Å². The van der Waals surface area contributed by atoms with Crippen molar-refractivity contribution >= 4 is 35.5 Å². The summed E-state index contributed by atoms with van der Waals surface area (Å²) in [6.07, 6.45) is 7.47. The molecule has 11 heteroatoms. The lowest BCUT2D eigenvalue weighted by molar-refractivity contribution is -0.159. The molecular weight excluding hydrogens is 556 g/mol. The third-order valence-corrected chi connectivity index (χ3v) is 8.54. The Morgan fingerprint density at radius 3 is 2.26 bits per heavy atom. The van der Waals surface area contributed by atoms with Crippen molar-refractivity contribution in [2.24, 2.45) is 5.92 Å². The van der Waals surface area contributed by atoms with Gasteiger partial charge < -0.3 is 31.1 Å². The van der Waals surface area contributed by atoms with Crippen LogP contribution in [0.3, 0.4) is 0 Å². The highest BCUT2D eigenvalue weighted by Gasteiger charge is 2.35. The number of rotatable bonds is 15. The van der Waals surface area contributed by atoms with Crippen molar-refractivity contribution in [3.05, 3.63) is 35.9 Å². The van der Waals surface area contributed by atoms with Crippen LogP contribution in [0.2, 0.25) is 0 Å². The van der Waals surface area contributed by atoms with Gasteiger partial charge in [0.2, 0.25) is 17.7 Å². The first-order valence-electron chi connectivity index (χ1n) is 15.2. The Morgan fingerprint density at radius 1 is 0.952 bits per heavy atom. The number of amides is 3. The second-order valence-corrected chi connectivity index (χ2v) is 12.6. The summed E-state index contributed by atoms with van der Waals surface area (Å²) < 4.78 is 5.24. The fraction of sp³-hybridized carbons (Fsp3) is 0.677. The molecule has 2 fully saturated rings. The van der Waals surface area contributed by atoms with Crippen molar-refractivity contribution < 1.29 is 29.0 Å². The fourth-order valence-corrected chi connectivity index (χ4v) is 6.23. The minimum atomic E-state index is -1.52. The summed E-state index contributed by atoms with van der Waals surface area (Å²) in [6, 6.07) is 6.38. The zero-order chi connectivity index (χ0) is 30.5. The summed E-state index contributed by atoms with van der Waals surface area (Å²) in [5.74, 6) is -1.43. The molecular formula is C31H48N4O6S. The van der Waals surface area contributed by atoms with Crippen molar-refractivity contribution in [2.75, 3.05) is 18.6 Å². The number of carbonyl (C=O) groups is 4. The number of benzene rings is 1. The Morgan fingerprint density at radius 2 is 1.64 bits per heavy atom. The van der Waals surface area contributed by atoms with Crippen LogP contribution in [-0.4, -0.2) is 83.7 Å². The van der Waals surface area contributed by atoms with Gasteiger partial charge in [-0.2, -0.15) is 11.8 Å². The lowest BCUT2D eigenvalue weighted by Gasteiger charge is -2.31. The molecule has 0 radical (unpaired) electrons. The van der Waals surface area contributed by atoms with Crippen LogP contribution >= 0.6 is 11.8 Å². The summed E-state index contributed by atoms with van der Waals surface area (Å²) in [5, 5.41) is 22.7. The minimum absolute atomic E-state index is 0.242. The maximum atomic E-state index is 13.6. The Kier molecular flexibility index (Phi) is 14.1. The van der Waals surface area contributed by atoms with Gasteiger partial charge in [0.15, 0.2) is 6.10 Å². The third-order valence-electron chi connectivity index (χ3n) is 7.87. The van der Waals surface area contributed by atoms with Gasteiger partial charge in [-0.3, -0.25) is 14.4 Å². The highest BCUT2D eigenvalue weighted by Crippen LogP contribution is 2.28. The van der Waals surface area contributed by atoms with Gasteiger partial charge in [-0.25, -0.2) is 4.79 Å². The number of carbonyl (C=O) groups excluding carboxylic acids is 4. The largest absolute Gasteiger partial charge is 0.461 e. The lowest BCUT2D eigenvalue weighted by Crippen LogP contribution is -2.59. The molecule has 234 valence electrons. The van der Waals surface area contributed by atoms with Gasteiger partial charge in [0.25, 0.3) is 0 Å². The molecule has 3 amide bonds. The normalized spacial score (nSPS) is 20.3. The van der Waals surface area contributed by atoms with Crippen LogP contribution in [0.5, 0.6) is 0 Å². The van der Waals surface area contributed by atoms with Crippen LogP contribution in [-0.2, 0) is 30.3 Å². The van der Waals surface area contributed by atoms with Crippen LogP contribution in [0.4, 0.5) is 0 Å². The first-order valence-corrected chi connectivity index (χ1v) is 16.6. The summed E-state index contributed by atoms with van der Waals surface area (Å²) in [5.41, 5.74) is 0.877. The molecule has 5 atom stereocenters. The monoisotopic (exact) mass is 604 g/mol. The van der Waals surface area contributed by atoms with Crippen molar-refractivity contribution in [3.63, 3.8) is 0 Å². The van der Waals surface area contributed by atoms with E-state index in [4.69, 9.17) is 4.74 Å². The summed E-state index contributed by atoms with van der Waals surface area (Å²) in [6.45, 7) is 4.16. The molecule has 1 aromatic rings. The Labute approximate surface area is 253 Å². The molecule has 1 heterocycles. The molecule has 0 bridgehead atoms. The predicted molar refractivity (Wildman–Crippen MR) is 164 cm³/mol. The summed E-state index contributed by atoms with van der Waals surface area (Å²) >= 11 is 1.39. The summed E-state index contributed by atoms with van der Waals surface area (Å²) in [7, 11) is 0. The Balaban J connectivity index is 1.73. The average Bonchev–Trinajstić information content (AvgIpc) is 3.52. The van der Waals surface area contributed by atoms with E-state index in [0.717, 1.165) is 50.6 Å². The van der Waals surface area contributed by atoms with Crippen molar-refractivity contribution in [2.45, 2.75) is 108 Å². The van der Waals surface area contributed by atoms with Gasteiger partial charge in [0, 0.05) is 12.2 Å². The van der Waals surface area contributed by atoms with Crippen LogP contribution in [0, 0.1) is 5.92 Å². The fourth-order valence-electron chi connectivity index (χ4n) is 5.66. The number of aliphatic hydroxyl groups is 1. The maximum Gasteiger partial charge on any atom is 0.337 e. The smallest absolute Gasteiger partial charge is 0.337 e. The van der Waals surface area contributed by atoms with E-state index >= 15 is 0 Å². The lowest BCUT2D eigenvalue weighted by atomic mass is 9.83. The van der Waals surface area contributed by atoms with Gasteiger partial charge in [0.05, 0.1) is 18.2 Å². The highest BCUT2D eigenvalue weighted by atomic mass is 32.2. The van der Waals surface area contributed by atoms with Crippen LogP contribution < -0.4 is 21.3 Å². The molecule has 1 aliphatic heterocycles. The van der Waals surface area contributed by atoms with Crippen molar-refractivity contribution in [1.29, 1.82) is 0 Å². The number of nitrogens with one attached hydrogen (secondary N) is 4. The number of ether oxygens (including phenoxy) is 1. The number of esters is 1. The van der Waals surface area contributed by atoms with E-state index in [1.54, 1.807) is 13.8 Å². The third kappa shape index (κ3) is 10.9. The van der Waals surface area contributed by atoms with E-state index in [0.29, 0.717) is 12.8 Å². The SMILES string of the molecule is CSCC(NC(=O)C(Cc1ccccc1)NC(=O)C1CCCN1)C(=O)NC(CC1CCCCC1)C(O)C(=O)OC(C)C. The van der Waals surface area contributed by atoms with E-state index in [-0.39, 0.29) is 30.0 Å². The molecule has 0 aromatic heterocycles. The first kappa shape index (κ1) is 33.9. The number of hydrogen-bond acceptors (Lipinski definition) is 8. The number of thioether (sulfide) groups is 1. The molecule has 2 aliphatic rings. The second-order valence-electron chi connectivity index (χ2n) is 11.7. The van der Waals surface area contributed by atoms with Gasteiger partial charge >= 0.3 is 5.97 Å². The van der Waals surface area contributed by atoms with E-state index < -0.39 is 48.1 Å². The predicted octanol–water partition coefficient (Wildman–Crippen LogP) is 2.08. The molecule has 1 aromatic carbocycles. The highest BCUT2D eigenvalue weighted by molar-refractivity contribution is 7.98. The van der Waals surface area contributed by atoms with Crippen molar-refractivity contribution in [3.8, 4) is 0 Å². The first-order chi connectivity index (χ1) is 20.2. The van der Waals surface area contributed by atoms with Crippen LogP contribution in [0.15, 0.2) is 30.3 Å². The van der Waals surface area contributed by atoms with Gasteiger partial charge in [-0.15, -0.1) is 0 Å². The van der Waals surface area contributed by atoms with Gasteiger partial charge in [-0.05, 0) is 57.4 Å². The second kappa shape index (κ2) is 17.5. The molecule has 5 unspecified atom stereocenters. The molecule has 1 aliphatic carbocycles.